The van der Waals surface area contributed by atoms with E-state index >= 15 is 0 Å². The standard InChI is InChI=1S/C14H18Cl2N2O3/c1-3-21-14(20)17-7-6-13(19)18-9(2)10-4-5-11(15)12(16)8-10/h4-5,8-9H,3,6-7H2,1-2H3,(H,17,20)(H,18,19). The van der Waals surface area contributed by atoms with E-state index < -0.39 is 6.09 Å². The average Bonchev–Trinajstić information content (AvgIpc) is 2.42. The van der Waals surface area contributed by atoms with Crippen molar-refractivity contribution >= 4 is 35.2 Å². The molecule has 21 heavy (non-hydrogen) atoms. The number of hydrogen-bond acceptors (Lipinski definition) is 3. The summed E-state index contributed by atoms with van der Waals surface area (Å²) in [6.07, 6.45) is -0.354. The van der Waals surface area contributed by atoms with E-state index in [9.17, 15) is 9.59 Å². The van der Waals surface area contributed by atoms with Crippen molar-refractivity contribution in [3.05, 3.63) is 33.8 Å². The second-order valence-electron chi connectivity index (χ2n) is 4.36. The van der Waals surface area contributed by atoms with Crippen LogP contribution in [0.2, 0.25) is 10.0 Å². The molecule has 116 valence electrons. The molecule has 0 spiro atoms. The van der Waals surface area contributed by atoms with Crippen LogP contribution in [-0.2, 0) is 9.53 Å². The number of halogens is 2. The van der Waals surface area contributed by atoms with Crippen LogP contribution >= 0.6 is 23.2 Å². The quantitative estimate of drug-likeness (QED) is 0.839. The maximum Gasteiger partial charge on any atom is 0.407 e. The molecule has 0 aliphatic rings. The van der Waals surface area contributed by atoms with E-state index in [0.29, 0.717) is 16.7 Å². The minimum atomic E-state index is -0.525. The first-order valence-electron chi connectivity index (χ1n) is 6.59. The summed E-state index contributed by atoms with van der Waals surface area (Å²) in [4.78, 5) is 22.8. The number of nitrogens with one attached hydrogen (secondary N) is 2. The van der Waals surface area contributed by atoms with E-state index in [-0.39, 0.29) is 24.9 Å². The molecule has 2 N–H and O–H groups in total. The number of amides is 2. The van der Waals surface area contributed by atoms with Gasteiger partial charge in [0.25, 0.3) is 0 Å². The fourth-order valence-electron chi connectivity index (χ4n) is 1.64. The Kier molecular flexibility index (Phi) is 7.32. The van der Waals surface area contributed by atoms with Crippen molar-refractivity contribution in [2.75, 3.05) is 13.2 Å². The smallest absolute Gasteiger partial charge is 0.407 e. The van der Waals surface area contributed by atoms with Crippen molar-refractivity contribution in [1.82, 2.24) is 10.6 Å². The molecule has 1 rings (SSSR count). The van der Waals surface area contributed by atoms with Gasteiger partial charge in [0.15, 0.2) is 0 Å². The second-order valence-corrected chi connectivity index (χ2v) is 5.17. The first kappa shape index (κ1) is 17.6. The molecule has 0 aromatic heterocycles. The van der Waals surface area contributed by atoms with Gasteiger partial charge in [-0.2, -0.15) is 0 Å². The normalized spacial score (nSPS) is 11.6. The van der Waals surface area contributed by atoms with Crippen LogP contribution in [0.25, 0.3) is 0 Å². The number of hydrogen-bond donors (Lipinski definition) is 2. The van der Waals surface area contributed by atoms with Gasteiger partial charge in [-0.05, 0) is 31.5 Å². The Labute approximate surface area is 133 Å². The van der Waals surface area contributed by atoms with Crippen molar-refractivity contribution in [3.8, 4) is 0 Å². The zero-order chi connectivity index (χ0) is 15.8. The highest BCUT2D eigenvalue weighted by Crippen LogP contribution is 2.25. The Morgan fingerprint density at radius 3 is 2.62 bits per heavy atom. The van der Waals surface area contributed by atoms with E-state index in [1.54, 1.807) is 25.1 Å². The fraction of sp³-hybridized carbons (Fsp3) is 0.429. The van der Waals surface area contributed by atoms with Crippen LogP contribution in [0.5, 0.6) is 0 Å². The molecule has 0 heterocycles. The first-order chi connectivity index (χ1) is 9.93. The number of alkyl carbamates (subject to hydrolysis) is 1. The summed E-state index contributed by atoms with van der Waals surface area (Å²) >= 11 is 11.8. The van der Waals surface area contributed by atoms with Gasteiger partial charge in [-0.1, -0.05) is 29.3 Å². The average molecular weight is 333 g/mol. The molecule has 1 aromatic rings. The highest BCUT2D eigenvalue weighted by Gasteiger charge is 2.11. The van der Waals surface area contributed by atoms with Crippen molar-refractivity contribution in [2.24, 2.45) is 0 Å². The molecule has 0 aliphatic carbocycles. The lowest BCUT2D eigenvalue weighted by Gasteiger charge is -2.15. The third-order valence-electron chi connectivity index (χ3n) is 2.72. The lowest BCUT2D eigenvalue weighted by Crippen LogP contribution is -2.32. The summed E-state index contributed by atoms with van der Waals surface area (Å²) in [7, 11) is 0. The molecule has 0 aliphatic heterocycles. The molecule has 0 saturated heterocycles. The minimum absolute atomic E-state index is 0.171. The Hall–Kier alpha value is -1.46. The van der Waals surface area contributed by atoms with Crippen LogP contribution in [0.3, 0.4) is 0 Å². The molecule has 0 saturated carbocycles. The van der Waals surface area contributed by atoms with Gasteiger partial charge in [0, 0.05) is 13.0 Å². The molecule has 2 amide bonds. The number of carbonyl (C=O) groups excluding carboxylic acids is 2. The Morgan fingerprint density at radius 2 is 2.00 bits per heavy atom. The van der Waals surface area contributed by atoms with Crippen molar-refractivity contribution in [1.29, 1.82) is 0 Å². The molecule has 0 fully saturated rings. The van der Waals surface area contributed by atoms with Crippen molar-refractivity contribution < 1.29 is 14.3 Å². The number of carbonyl (C=O) groups is 2. The van der Waals surface area contributed by atoms with Crippen LogP contribution in [0.1, 0.15) is 31.9 Å². The minimum Gasteiger partial charge on any atom is -0.450 e. The molecule has 7 heteroatoms. The predicted octanol–water partition coefficient (Wildman–Crippen LogP) is 3.31. The van der Waals surface area contributed by atoms with Gasteiger partial charge in [0.1, 0.15) is 0 Å². The number of ether oxygens (including phenoxy) is 1. The molecule has 0 bridgehead atoms. The van der Waals surface area contributed by atoms with Crippen molar-refractivity contribution in [3.63, 3.8) is 0 Å². The largest absolute Gasteiger partial charge is 0.450 e. The lowest BCUT2D eigenvalue weighted by molar-refractivity contribution is -0.121. The lowest BCUT2D eigenvalue weighted by atomic mass is 10.1. The fourth-order valence-corrected chi connectivity index (χ4v) is 1.95. The van der Waals surface area contributed by atoms with E-state index in [2.05, 4.69) is 15.4 Å². The summed E-state index contributed by atoms with van der Waals surface area (Å²) in [5, 5.41) is 6.21. The van der Waals surface area contributed by atoms with Gasteiger partial charge >= 0.3 is 6.09 Å². The zero-order valence-corrected chi connectivity index (χ0v) is 13.4. The predicted molar refractivity (Wildman–Crippen MR) is 82.7 cm³/mol. The summed E-state index contributed by atoms with van der Waals surface area (Å²) in [6.45, 7) is 4.08. The van der Waals surface area contributed by atoms with Crippen molar-refractivity contribution in [2.45, 2.75) is 26.3 Å². The highest BCUT2D eigenvalue weighted by molar-refractivity contribution is 6.42. The van der Waals surface area contributed by atoms with Crippen LogP contribution < -0.4 is 10.6 Å². The topological polar surface area (TPSA) is 67.4 Å². The van der Waals surface area contributed by atoms with Gasteiger partial charge < -0.3 is 15.4 Å². The van der Waals surface area contributed by atoms with Crippen LogP contribution in [0, 0.1) is 0 Å². The molecule has 0 radical (unpaired) electrons. The third kappa shape index (κ3) is 6.23. The number of benzene rings is 1. The SMILES string of the molecule is CCOC(=O)NCCC(=O)NC(C)c1ccc(Cl)c(Cl)c1. The third-order valence-corrected chi connectivity index (χ3v) is 3.46. The van der Waals surface area contributed by atoms with E-state index in [0.717, 1.165) is 5.56 Å². The Bertz CT molecular complexity index is 509. The number of rotatable bonds is 6. The maximum absolute atomic E-state index is 11.8. The maximum atomic E-state index is 11.8. The molecule has 1 aromatic carbocycles. The Balaban J connectivity index is 2.40. The molecular formula is C14H18Cl2N2O3. The summed E-state index contributed by atoms with van der Waals surface area (Å²) < 4.78 is 4.69. The first-order valence-corrected chi connectivity index (χ1v) is 7.34. The van der Waals surface area contributed by atoms with Gasteiger partial charge in [-0.15, -0.1) is 0 Å². The van der Waals surface area contributed by atoms with Crippen LogP contribution in [-0.4, -0.2) is 25.2 Å². The van der Waals surface area contributed by atoms with Crippen LogP contribution in [0.15, 0.2) is 18.2 Å². The molecule has 1 atom stereocenters. The Morgan fingerprint density at radius 1 is 1.29 bits per heavy atom. The van der Waals surface area contributed by atoms with Gasteiger partial charge in [-0.3, -0.25) is 4.79 Å². The van der Waals surface area contributed by atoms with E-state index in [1.165, 1.54) is 0 Å². The van der Waals surface area contributed by atoms with Gasteiger partial charge in [0.05, 0.1) is 22.7 Å². The highest BCUT2D eigenvalue weighted by atomic mass is 35.5. The second kappa shape index (κ2) is 8.74. The van der Waals surface area contributed by atoms with Gasteiger partial charge in [0.2, 0.25) is 5.91 Å². The molecule has 5 nitrogen and oxygen atoms in total. The molecule has 1 unspecified atom stereocenters. The van der Waals surface area contributed by atoms with Gasteiger partial charge in [-0.25, -0.2) is 4.79 Å². The van der Waals surface area contributed by atoms with Crippen LogP contribution in [0.4, 0.5) is 4.79 Å². The van der Waals surface area contributed by atoms with E-state index in [4.69, 9.17) is 23.2 Å². The zero-order valence-electron chi connectivity index (χ0n) is 11.9. The summed E-state index contributed by atoms with van der Waals surface area (Å²) in [5.74, 6) is -0.176. The molecular weight excluding hydrogens is 315 g/mol. The summed E-state index contributed by atoms with van der Waals surface area (Å²) in [5.41, 5.74) is 0.858. The van der Waals surface area contributed by atoms with E-state index in [1.807, 2.05) is 6.92 Å². The summed E-state index contributed by atoms with van der Waals surface area (Å²) in [6, 6.07) is 5.00. The monoisotopic (exact) mass is 332 g/mol.